The minimum Gasteiger partial charge on any atom is -0.334 e. The summed E-state index contributed by atoms with van der Waals surface area (Å²) in [6.07, 6.45) is 1.86. The molecule has 0 radical (unpaired) electrons. The molecule has 0 aliphatic heterocycles. The third-order valence-electron chi connectivity index (χ3n) is 3.39. The molecule has 2 nitrogen and oxygen atoms in total. The van der Waals surface area contributed by atoms with Gasteiger partial charge in [0.2, 0.25) is 0 Å². The SMILES string of the molecule is CCC(CC)N(CCCl)C(=O)c1ccc(C)c(Cl)c1. The summed E-state index contributed by atoms with van der Waals surface area (Å²) in [5.74, 6) is 0.457. The third-order valence-corrected chi connectivity index (χ3v) is 3.96. The van der Waals surface area contributed by atoms with Crippen LogP contribution in [-0.4, -0.2) is 29.3 Å². The van der Waals surface area contributed by atoms with Crippen molar-refractivity contribution in [3.63, 3.8) is 0 Å². The van der Waals surface area contributed by atoms with Gasteiger partial charge in [0, 0.05) is 29.1 Å². The Morgan fingerprint density at radius 2 is 1.95 bits per heavy atom. The first-order valence-electron chi connectivity index (χ1n) is 6.68. The molecule has 0 unspecified atom stereocenters. The van der Waals surface area contributed by atoms with E-state index in [0.717, 1.165) is 18.4 Å². The molecule has 0 saturated heterocycles. The molecule has 1 aromatic rings. The van der Waals surface area contributed by atoms with Crippen LogP contribution in [0.25, 0.3) is 0 Å². The maximum absolute atomic E-state index is 12.6. The van der Waals surface area contributed by atoms with Crippen molar-refractivity contribution in [3.05, 3.63) is 34.3 Å². The Balaban J connectivity index is 3.01. The number of alkyl halides is 1. The summed E-state index contributed by atoms with van der Waals surface area (Å²) in [6.45, 7) is 6.67. The quantitative estimate of drug-likeness (QED) is 0.708. The predicted molar refractivity (Wildman–Crippen MR) is 82.3 cm³/mol. The van der Waals surface area contributed by atoms with Crippen molar-refractivity contribution in [3.8, 4) is 0 Å². The molecule has 0 N–H and O–H groups in total. The molecule has 19 heavy (non-hydrogen) atoms. The van der Waals surface area contributed by atoms with Gasteiger partial charge in [-0.05, 0) is 37.5 Å². The van der Waals surface area contributed by atoms with Crippen molar-refractivity contribution >= 4 is 29.1 Å². The van der Waals surface area contributed by atoms with Crippen LogP contribution >= 0.6 is 23.2 Å². The maximum atomic E-state index is 12.6. The largest absolute Gasteiger partial charge is 0.334 e. The van der Waals surface area contributed by atoms with Crippen LogP contribution in [0.2, 0.25) is 5.02 Å². The standard InChI is InChI=1S/C15H21Cl2NO/c1-4-13(5-2)18(9-8-16)15(19)12-7-6-11(3)14(17)10-12/h6-7,10,13H,4-5,8-9H2,1-3H3. The molecule has 0 atom stereocenters. The topological polar surface area (TPSA) is 20.3 Å². The Bertz CT molecular complexity index is 430. The van der Waals surface area contributed by atoms with Gasteiger partial charge >= 0.3 is 0 Å². The number of carbonyl (C=O) groups excluding carboxylic acids is 1. The number of aryl methyl sites for hydroxylation is 1. The molecule has 0 aromatic heterocycles. The summed E-state index contributed by atoms with van der Waals surface area (Å²) in [5.41, 5.74) is 1.61. The highest BCUT2D eigenvalue weighted by Crippen LogP contribution is 2.20. The van der Waals surface area contributed by atoms with Gasteiger partial charge in [-0.2, -0.15) is 0 Å². The summed E-state index contributed by atoms with van der Waals surface area (Å²) in [4.78, 5) is 14.4. The Kier molecular flexibility index (Phi) is 6.67. The number of amides is 1. The Morgan fingerprint density at radius 3 is 2.42 bits per heavy atom. The van der Waals surface area contributed by atoms with E-state index in [2.05, 4.69) is 13.8 Å². The maximum Gasteiger partial charge on any atom is 0.254 e. The number of carbonyl (C=O) groups is 1. The van der Waals surface area contributed by atoms with Gasteiger partial charge in [0.15, 0.2) is 0 Å². The van der Waals surface area contributed by atoms with E-state index >= 15 is 0 Å². The lowest BCUT2D eigenvalue weighted by Crippen LogP contribution is -2.41. The minimum absolute atomic E-state index is 0.0104. The van der Waals surface area contributed by atoms with Gasteiger partial charge in [-0.3, -0.25) is 4.79 Å². The normalized spacial score (nSPS) is 10.8. The van der Waals surface area contributed by atoms with Crippen LogP contribution < -0.4 is 0 Å². The minimum atomic E-state index is 0.0104. The molecule has 1 rings (SSSR count). The molecule has 0 heterocycles. The van der Waals surface area contributed by atoms with Crippen molar-refractivity contribution in [1.29, 1.82) is 0 Å². The van der Waals surface area contributed by atoms with Crippen molar-refractivity contribution in [2.24, 2.45) is 0 Å². The van der Waals surface area contributed by atoms with E-state index in [-0.39, 0.29) is 11.9 Å². The summed E-state index contributed by atoms with van der Waals surface area (Å²) >= 11 is 11.9. The summed E-state index contributed by atoms with van der Waals surface area (Å²) in [5, 5.41) is 0.626. The monoisotopic (exact) mass is 301 g/mol. The fraction of sp³-hybridized carbons (Fsp3) is 0.533. The van der Waals surface area contributed by atoms with Crippen LogP contribution in [0.5, 0.6) is 0 Å². The van der Waals surface area contributed by atoms with E-state index in [1.54, 1.807) is 6.07 Å². The molecular formula is C15H21Cl2NO. The zero-order chi connectivity index (χ0) is 14.4. The molecule has 0 aliphatic carbocycles. The molecule has 4 heteroatoms. The molecule has 0 bridgehead atoms. The van der Waals surface area contributed by atoms with Crippen LogP contribution in [0.4, 0.5) is 0 Å². The van der Waals surface area contributed by atoms with E-state index < -0.39 is 0 Å². The lowest BCUT2D eigenvalue weighted by molar-refractivity contribution is 0.0681. The molecule has 0 spiro atoms. The number of nitrogens with zero attached hydrogens (tertiary/aromatic N) is 1. The van der Waals surface area contributed by atoms with Gasteiger partial charge in [-0.25, -0.2) is 0 Å². The number of hydrogen-bond donors (Lipinski definition) is 0. The highest BCUT2D eigenvalue weighted by molar-refractivity contribution is 6.31. The number of rotatable bonds is 6. The van der Waals surface area contributed by atoms with Crippen molar-refractivity contribution in [1.82, 2.24) is 4.90 Å². The summed E-state index contributed by atoms with van der Waals surface area (Å²) < 4.78 is 0. The number of benzene rings is 1. The first-order chi connectivity index (χ1) is 9.04. The van der Waals surface area contributed by atoms with Crippen LogP contribution in [0.3, 0.4) is 0 Å². The van der Waals surface area contributed by atoms with Crippen molar-refractivity contribution in [2.45, 2.75) is 39.7 Å². The van der Waals surface area contributed by atoms with E-state index in [0.29, 0.717) is 23.0 Å². The van der Waals surface area contributed by atoms with Crippen LogP contribution in [0, 0.1) is 6.92 Å². The first kappa shape index (κ1) is 16.3. The molecule has 1 amide bonds. The van der Waals surface area contributed by atoms with Gasteiger partial charge in [0.05, 0.1) is 0 Å². The van der Waals surface area contributed by atoms with Gasteiger partial charge in [0.25, 0.3) is 5.91 Å². The number of hydrogen-bond acceptors (Lipinski definition) is 1. The third kappa shape index (κ3) is 4.12. The zero-order valence-corrected chi connectivity index (χ0v) is 13.3. The second-order valence-corrected chi connectivity index (χ2v) is 5.41. The molecule has 0 aliphatic rings. The summed E-state index contributed by atoms with van der Waals surface area (Å²) in [6, 6.07) is 5.67. The van der Waals surface area contributed by atoms with E-state index in [9.17, 15) is 4.79 Å². The first-order valence-corrected chi connectivity index (χ1v) is 7.59. The van der Waals surface area contributed by atoms with Crippen LogP contribution in [0.1, 0.15) is 42.6 Å². The highest BCUT2D eigenvalue weighted by atomic mass is 35.5. The summed E-state index contributed by atoms with van der Waals surface area (Å²) in [7, 11) is 0. The van der Waals surface area contributed by atoms with Crippen LogP contribution in [0.15, 0.2) is 18.2 Å². The van der Waals surface area contributed by atoms with E-state index in [1.165, 1.54) is 0 Å². The van der Waals surface area contributed by atoms with Crippen molar-refractivity contribution in [2.75, 3.05) is 12.4 Å². The average Bonchev–Trinajstić information content (AvgIpc) is 2.41. The van der Waals surface area contributed by atoms with Gasteiger partial charge in [-0.1, -0.05) is 31.5 Å². The number of halogens is 2. The predicted octanol–water partition coefficient (Wildman–Crippen LogP) is 4.52. The lowest BCUT2D eigenvalue weighted by Gasteiger charge is -2.30. The van der Waals surface area contributed by atoms with E-state index in [4.69, 9.17) is 23.2 Å². The fourth-order valence-corrected chi connectivity index (χ4v) is 2.52. The molecule has 1 aromatic carbocycles. The highest BCUT2D eigenvalue weighted by Gasteiger charge is 2.22. The fourth-order valence-electron chi connectivity index (χ4n) is 2.16. The smallest absolute Gasteiger partial charge is 0.254 e. The Labute approximate surface area is 125 Å². The molecule has 0 fully saturated rings. The van der Waals surface area contributed by atoms with Gasteiger partial charge in [0.1, 0.15) is 0 Å². The zero-order valence-electron chi connectivity index (χ0n) is 11.7. The van der Waals surface area contributed by atoms with Gasteiger partial charge < -0.3 is 4.90 Å². The van der Waals surface area contributed by atoms with E-state index in [1.807, 2.05) is 24.0 Å². The average molecular weight is 302 g/mol. The Morgan fingerprint density at radius 1 is 1.32 bits per heavy atom. The Hall–Kier alpha value is -0.730. The van der Waals surface area contributed by atoms with Gasteiger partial charge in [-0.15, -0.1) is 11.6 Å². The second kappa shape index (κ2) is 7.76. The molecular weight excluding hydrogens is 281 g/mol. The van der Waals surface area contributed by atoms with Crippen LogP contribution in [-0.2, 0) is 0 Å². The van der Waals surface area contributed by atoms with Crippen molar-refractivity contribution < 1.29 is 4.79 Å². The molecule has 0 saturated carbocycles. The molecule has 106 valence electrons. The second-order valence-electron chi connectivity index (χ2n) is 4.62. The lowest BCUT2D eigenvalue weighted by atomic mass is 10.1.